The normalized spacial score (nSPS) is 22.2. The number of hydrogen-bond acceptors (Lipinski definition) is 6. The van der Waals surface area contributed by atoms with Crippen LogP contribution in [0.4, 0.5) is 0 Å². The van der Waals surface area contributed by atoms with Crippen LogP contribution >= 0.6 is 0 Å². The maximum absolute atomic E-state index is 12.6. The smallest absolute Gasteiger partial charge is 0.267 e. The van der Waals surface area contributed by atoms with Crippen LogP contribution in [-0.4, -0.2) is 52.9 Å². The van der Waals surface area contributed by atoms with Crippen molar-refractivity contribution in [2.75, 3.05) is 19.7 Å². The lowest BCUT2D eigenvalue weighted by Crippen LogP contribution is -2.46. The molecular formula is C17H17N3O4. The Labute approximate surface area is 139 Å². The Morgan fingerprint density at radius 1 is 1.21 bits per heavy atom. The molecule has 0 unspecified atom stereocenters. The maximum Gasteiger partial charge on any atom is 0.267 e. The van der Waals surface area contributed by atoms with Crippen LogP contribution in [0.25, 0.3) is 0 Å². The fourth-order valence-corrected chi connectivity index (χ4v) is 2.89. The van der Waals surface area contributed by atoms with Crippen molar-refractivity contribution in [1.82, 2.24) is 15.1 Å². The molecule has 24 heavy (non-hydrogen) atoms. The second-order valence-corrected chi connectivity index (χ2v) is 5.74. The average Bonchev–Trinajstić information content (AvgIpc) is 3.10. The molecule has 1 aromatic heterocycles. The highest BCUT2D eigenvalue weighted by atomic mass is 16.6. The van der Waals surface area contributed by atoms with Crippen molar-refractivity contribution >= 4 is 5.91 Å². The average molecular weight is 327 g/mol. The summed E-state index contributed by atoms with van der Waals surface area (Å²) >= 11 is 0. The Hall–Kier alpha value is -2.83. The highest BCUT2D eigenvalue weighted by Gasteiger charge is 2.35. The standard InChI is InChI=1S/C17H17N3O4/c21-17(15-11-22-13-4-1-2-5-14(13)24-15)20-9-7-12(10-20)23-16-6-3-8-18-19-16/h1-6,8,12,15H,7,9-11H2/t12-,15+/m0/s1. The van der Waals surface area contributed by atoms with Gasteiger partial charge in [-0.15, -0.1) is 5.10 Å². The van der Waals surface area contributed by atoms with E-state index in [0.717, 1.165) is 6.42 Å². The van der Waals surface area contributed by atoms with E-state index in [1.807, 2.05) is 18.2 Å². The predicted octanol–water partition coefficient (Wildman–Crippen LogP) is 1.30. The Kier molecular flexibility index (Phi) is 3.90. The first-order chi connectivity index (χ1) is 11.8. The highest BCUT2D eigenvalue weighted by molar-refractivity contribution is 5.82. The molecule has 124 valence electrons. The summed E-state index contributed by atoms with van der Waals surface area (Å²) in [7, 11) is 0. The molecule has 2 aromatic rings. The molecule has 0 aliphatic carbocycles. The molecule has 0 N–H and O–H groups in total. The zero-order valence-electron chi connectivity index (χ0n) is 13.0. The van der Waals surface area contributed by atoms with E-state index in [9.17, 15) is 4.79 Å². The lowest BCUT2D eigenvalue weighted by Gasteiger charge is -2.28. The molecule has 1 fully saturated rings. The summed E-state index contributed by atoms with van der Waals surface area (Å²) in [5.41, 5.74) is 0. The fourth-order valence-electron chi connectivity index (χ4n) is 2.89. The van der Waals surface area contributed by atoms with E-state index in [4.69, 9.17) is 14.2 Å². The number of nitrogens with zero attached hydrogens (tertiary/aromatic N) is 3. The number of carbonyl (C=O) groups is 1. The van der Waals surface area contributed by atoms with E-state index in [2.05, 4.69) is 10.2 Å². The summed E-state index contributed by atoms with van der Waals surface area (Å²) in [6, 6.07) is 10.9. The van der Waals surface area contributed by atoms with Crippen LogP contribution in [0.1, 0.15) is 6.42 Å². The third-order valence-electron chi connectivity index (χ3n) is 4.08. The molecule has 3 heterocycles. The van der Waals surface area contributed by atoms with Crippen molar-refractivity contribution in [3.8, 4) is 17.4 Å². The number of aromatic nitrogens is 2. The van der Waals surface area contributed by atoms with Crippen molar-refractivity contribution in [2.45, 2.75) is 18.6 Å². The summed E-state index contributed by atoms with van der Waals surface area (Å²) in [4.78, 5) is 14.4. The fraction of sp³-hybridized carbons (Fsp3) is 0.353. The van der Waals surface area contributed by atoms with Crippen LogP contribution in [0, 0.1) is 0 Å². The van der Waals surface area contributed by atoms with Gasteiger partial charge in [0, 0.05) is 25.2 Å². The summed E-state index contributed by atoms with van der Waals surface area (Å²) in [5, 5.41) is 7.69. The molecule has 1 aromatic carbocycles. The number of benzene rings is 1. The van der Waals surface area contributed by atoms with Gasteiger partial charge in [-0.2, -0.15) is 5.10 Å². The van der Waals surface area contributed by atoms with Crippen molar-refractivity contribution in [3.63, 3.8) is 0 Å². The van der Waals surface area contributed by atoms with E-state index >= 15 is 0 Å². The van der Waals surface area contributed by atoms with E-state index in [1.54, 1.807) is 29.3 Å². The van der Waals surface area contributed by atoms with Gasteiger partial charge < -0.3 is 19.1 Å². The number of ether oxygens (including phenoxy) is 3. The minimum atomic E-state index is -0.616. The summed E-state index contributed by atoms with van der Waals surface area (Å²) < 4.78 is 17.2. The minimum absolute atomic E-state index is 0.0743. The van der Waals surface area contributed by atoms with Gasteiger partial charge in [-0.25, -0.2) is 0 Å². The van der Waals surface area contributed by atoms with Gasteiger partial charge in [0.25, 0.3) is 5.91 Å². The molecule has 1 saturated heterocycles. The Morgan fingerprint density at radius 3 is 2.92 bits per heavy atom. The molecule has 2 aliphatic rings. The van der Waals surface area contributed by atoms with Crippen molar-refractivity contribution < 1.29 is 19.0 Å². The molecule has 1 amide bonds. The van der Waals surface area contributed by atoms with Crippen LogP contribution in [0.3, 0.4) is 0 Å². The summed E-state index contributed by atoms with van der Waals surface area (Å²) in [6.45, 7) is 1.37. The van der Waals surface area contributed by atoms with Crippen LogP contribution < -0.4 is 14.2 Å². The second kappa shape index (κ2) is 6.35. The number of carbonyl (C=O) groups excluding carboxylic acids is 1. The van der Waals surface area contributed by atoms with Crippen LogP contribution in [0.2, 0.25) is 0 Å². The lowest BCUT2D eigenvalue weighted by molar-refractivity contribution is -0.140. The zero-order chi connectivity index (χ0) is 16.4. The van der Waals surface area contributed by atoms with E-state index < -0.39 is 6.10 Å². The molecule has 0 spiro atoms. The number of amides is 1. The molecule has 0 bridgehead atoms. The monoisotopic (exact) mass is 327 g/mol. The third kappa shape index (κ3) is 2.97. The molecule has 7 nitrogen and oxygen atoms in total. The molecule has 0 radical (unpaired) electrons. The predicted molar refractivity (Wildman–Crippen MR) is 84.0 cm³/mol. The Bertz CT molecular complexity index is 725. The Morgan fingerprint density at radius 2 is 2.08 bits per heavy atom. The number of rotatable bonds is 3. The van der Waals surface area contributed by atoms with Gasteiger partial charge >= 0.3 is 0 Å². The Balaban J connectivity index is 1.36. The van der Waals surface area contributed by atoms with Crippen molar-refractivity contribution in [2.24, 2.45) is 0 Å². The number of para-hydroxylation sites is 2. The number of fused-ring (bicyclic) bond motifs is 1. The first-order valence-corrected chi connectivity index (χ1v) is 7.91. The van der Waals surface area contributed by atoms with Crippen molar-refractivity contribution in [3.05, 3.63) is 42.6 Å². The van der Waals surface area contributed by atoms with Gasteiger partial charge in [0.05, 0.1) is 6.54 Å². The molecule has 4 rings (SSSR count). The first-order valence-electron chi connectivity index (χ1n) is 7.91. The van der Waals surface area contributed by atoms with E-state index in [-0.39, 0.29) is 18.6 Å². The molecule has 2 aliphatic heterocycles. The number of likely N-dealkylation sites (tertiary alicyclic amines) is 1. The number of hydrogen-bond donors (Lipinski definition) is 0. The first kappa shape index (κ1) is 14.7. The third-order valence-corrected chi connectivity index (χ3v) is 4.08. The summed E-state index contributed by atoms with van der Waals surface area (Å²) in [5.74, 6) is 1.68. The maximum atomic E-state index is 12.6. The van der Waals surface area contributed by atoms with Gasteiger partial charge in [-0.1, -0.05) is 12.1 Å². The van der Waals surface area contributed by atoms with Gasteiger partial charge in [0.1, 0.15) is 12.7 Å². The molecular weight excluding hydrogens is 310 g/mol. The second-order valence-electron chi connectivity index (χ2n) is 5.74. The summed E-state index contributed by atoms with van der Waals surface area (Å²) in [6.07, 6.45) is 1.65. The lowest BCUT2D eigenvalue weighted by atomic mass is 10.2. The largest absolute Gasteiger partial charge is 0.485 e. The van der Waals surface area contributed by atoms with Crippen molar-refractivity contribution in [1.29, 1.82) is 0 Å². The highest BCUT2D eigenvalue weighted by Crippen LogP contribution is 2.31. The molecule has 0 saturated carbocycles. The molecule has 2 atom stereocenters. The van der Waals surface area contributed by atoms with Crippen LogP contribution in [-0.2, 0) is 4.79 Å². The molecule has 7 heteroatoms. The van der Waals surface area contributed by atoms with E-state index in [0.29, 0.717) is 30.5 Å². The topological polar surface area (TPSA) is 73.8 Å². The zero-order valence-corrected chi connectivity index (χ0v) is 13.0. The van der Waals surface area contributed by atoms with Crippen LogP contribution in [0.15, 0.2) is 42.6 Å². The van der Waals surface area contributed by atoms with Crippen LogP contribution in [0.5, 0.6) is 17.4 Å². The van der Waals surface area contributed by atoms with Gasteiger partial charge in [-0.05, 0) is 18.2 Å². The van der Waals surface area contributed by atoms with Gasteiger partial charge in [0.15, 0.2) is 11.5 Å². The quantitative estimate of drug-likeness (QED) is 0.846. The minimum Gasteiger partial charge on any atom is -0.485 e. The van der Waals surface area contributed by atoms with Gasteiger partial charge in [0.2, 0.25) is 12.0 Å². The van der Waals surface area contributed by atoms with E-state index in [1.165, 1.54) is 0 Å². The van der Waals surface area contributed by atoms with Gasteiger partial charge in [-0.3, -0.25) is 4.79 Å². The SMILES string of the molecule is O=C([C@H]1COc2ccccc2O1)N1CC[C@H](Oc2cccnn2)C1.